The van der Waals surface area contributed by atoms with Gasteiger partial charge in [0.15, 0.2) is 0 Å². The molecule has 0 saturated carbocycles. The molecule has 0 atom stereocenters. The molecule has 0 bridgehead atoms. The van der Waals surface area contributed by atoms with Gasteiger partial charge in [-0.3, -0.25) is 4.79 Å². The molecule has 1 nitrogen and oxygen atoms in total. The van der Waals surface area contributed by atoms with Crippen LogP contribution in [0.15, 0.2) is 35.4 Å². The summed E-state index contributed by atoms with van der Waals surface area (Å²) in [6.45, 7) is 5.16. The zero-order valence-electron chi connectivity index (χ0n) is 5.80. The van der Waals surface area contributed by atoms with Gasteiger partial charge in [0, 0.05) is 5.03 Å². The predicted molar refractivity (Wildman–Crippen MR) is 44.0 cm³/mol. The van der Waals surface area contributed by atoms with Gasteiger partial charge < -0.3 is 0 Å². The lowest BCUT2D eigenvalue weighted by Crippen LogP contribution is -1.71. The maximum absolute atomic E-state index is 10.0. The quantitative estimate of drug-likeness (QED) is 0.349. The fourth-order valence-corrected chi connectivity index (χ4v) is 0.416. The summed E-state index contributed by atoms with van der Waals surface area (Å²) < 4.78 is 0. The van der Waals surface area contributed by atoms with Crippen LogP contribution in [0.3, 0.4) is 0 Å². The van der Waals surface area contributed by atoms with Crippen LogP contribution in [0.25, 0.3) is 0 Å². The van der Waals surface area contributed by atoms with Gasteiger partial charge in [-0.15, -0.1) is 0 Å². The average molecular weight is 157 g/mol. The Morgan fingerprint density at radius 3 is 2.60 bits per heavy atom. The Morgan fingerprint density at radius 2 is 2.20 bits per heavy atom. The fourth-order valence-electron chi connectivity index (χ4n) is 0.344. The van der Waals surface area contributed by atoms with E-state index in [1.165, 1.54) is 0 Å². The summed E-state index contributed by atoms with van der Waals surface area (Å²) in [5, 5.41) is 0.454. The molecule has 54 valence electrons. The molecule has 0 aromatic heterocycles. The molecule has 0 amide bonds. The van der Waals surface area contributed by atoms with Gasteiger partial charge in [0.1, 0.15) is 6.29 Å². The molecular weight excluding hydrogens is 148 g/mol. The maximum atomic E-state index is 10.0. The van der Waals surface area contributed by atoms with Crippen LogP contribution in [0.4, 0.5) is 0 Å². The van der Waals surface area contributed by atoms with E-state index >= 15 is 0 Å². The van der Waals surface area contributed by atoms with Crippen LogP contribution in [0.2, 0.25) is 0 Å². The highest BCUT2D eigenvalue weighted by Crippen LogP contribution is 1.98. The first-order chi connectivity index (χ1) is 4.66. The minimum absolute atomic E-state index is 0.454. The van der Waals surface area contributed by atoms with Crippen LogP contribution in [0.5, 0.6) is 0 Å². The molecule has 0 aliphatic rings. The van der Waals surface area contributed by atoms with E-state index in [2.05, 4.69) is 6.58 Å². The number of carbonyl (C=O) groups is 1. The van der Waals surface area contributed by atoms with Crippen LogP contribution in [0.1, 0.15) is 6.92 Å². The Balaban J connectivity index is 3.93. The number of halogens is 1. The Hall–Kier alpha value is -0.820. The second-order valence-electron chi connectivity index (χ2n) is 1.83. The smallest absolute Gasteiger partial charge is 0.145 e. The third-order valence-electron chi connectivity index (χ3n) is 0.822. The molecule has 0 saturated heterocycles. The number of aldehydes is 1. The molecule has 0 unspecified atom stereocenters. The van der Waals surface area contributed by atoms with Crippen molar-refractivity contribution in [1.82, 2.24) is 0 Å². The fraction of sp³-hybridized carbons (Fsp3) is 0.125. The topological polar surface area (TPSA) is 17.1 Å². The highest BCUT2D eigenvalue weighted by molar-refractivity contribution is 6.30. The molecule has 0 radical (unpaired) electrons. The Kier molecular flexibility index (Phi) is 4.59. The highest BCUT2D eigenvalue weighted by Gasteiger charge is 1.78. The zero-order valence-corrected chi connectivity index (χ0v) is 6.56. The second-order valence-corrected chi connectivity index (χ2v) is 2.32. The van der Waals surface area contributed by atoms with E-state index in [9.17, 15) is 4.79 Å². The first-order valence-electron chi connectivity index (χ1n) is 2.81. The van der Waals surface area contributed by atoms with E-state index in [-0.39, 0.29) is 0 Å². The number of hydrogen-bond donors (Lipinski definition) is 0. The van der Waals surface area contributed by atoms with Gasteiger partial charge in [-0.2, -0.15) is 0 Å². The minimum Gasteiger partial charge on any atom is -0.298 e. The summed E-state index contributed by atoms with van der Waals surface area (Å²) in [6.07, 6.45) is 5.75. The minimum atomic E-state index is 0.454. The Labute approximate surface area is 65.7 Å². The van der Waals surface area contributed by atoms with Crippen molar-refractivity contribution in [1.29, 1.82) is 0 Å². The van der Waals surface area contributed by atoms with Crippen molar-refractivity contribution in [3.63, 3.8) is 0 Å². The van der Waals surface area contributed by atoms with Crippen molar-refractivity contribution in [2.45, 2.75) is 6.92 Å². The molecule has 0 aromatic rings. The predicted octanol–water partition coefficient (Wildman–Crippen LogP) is 2.44. The molecule has 10 heavy (non-hydrogen) atoms. The highest BCUT2D eigenvalue weighted by atomic mass is 35.5. The zero-order chi connectivity index (χ0) is 7.98. The normalized spacial score (nSPS) is 12.0. The number of rotatable bonds is 3. The third-order valence-corrected chi connectivity index (χ3v) is 0.948. The molecule has 0 aromatic carbocycles. The molecule has 0 heterocycles. The van der Waals surface area contributed by atoms with Crippen LogP contribution >= 0.6 is 11.6 Å². The number of allylic oxidation sites excluding steroid dienone is 5. The first-order valence-corrected chi connectivity index (χ1v) is 3.19. The lowest BCUT2D eigenvalue weighted by atomic mass is 10.3. The molecule has 2 heteroatoms. The van der Waals surface area contributed by atoms with E-state index in [0.717, 1.165) is 6.29 Å². The summed E-state index contributed by atoms with van der Waals surface area (Å²) in [6, 6.07) is 0. The van der Waals surface area contributed by atoms with Crippen molar-refractivity contribution >= 4 is 17.9 Å². The molecule has 0 spiro atoms. The van der Waals surface area contributed by atoms with E-state index in [1.54, 1.807) is 25.2 Å². The van der Waals surface area contributed by atoms with Crippen molar-refractivity contribution in [2.24, 2.45) is 0 Å². The maximum Gasteiger partial charge on any atom is 0.145 e. The summed E-state index contributed by atoms with van der Waals surface area (Å²) in [7, 11) is 0. The third kappa shape index (κ3) is 5.32. The van der Waals surface area contributed by atoms with Gasteiger partial charge in [0.05, 0.1) is 0 Å². The van der Waals surface area contributed by atoms with E-state index in [4.69, 9.17) is 11.6 Å². The lowest BCUT2D eigenvalue weighted by molar-refractivity contribution is -0.104. The van der Waals surface area contributed by atoms with Gasteiger partial charge in [-0.05, 0) is 18.6 Å². The van der Waals surface area contributed by atoms with Gasteiger partial charge >= 0.3 is 0 Å². The largest absolute Gasteiger partial charge is 0.298 e. The Bertz CT molecular complexity index is 189. The average Bonchev–Trinajstić information content (AvgIpc) is 1.87. The summed E-state index contributed by atoms with van der Waals surface area (Å²) in [5.41, 5.74) is 0.661. The van der Waals surface area contributed by atoms with Gasteiger partial charge in [0.25, 0.3) is 0 Å². The second kappa shape index (κ2) is 5.00. The molecule has 0 rings (SSSR count). The first kappa shape index (κ1) is 9.18. The number of hydrogen-bond acceptors (Lipinski definition) is 1. The number of carbonyl (C=O) groups excluding carboxylic acids is 1. The van der Waals surface area contributed by atoms with E-state index < -0.39 is 0 Å². The van der Waals surface area contributed by atoms with Crippen LogP contribution in [-0.4, -0.2) is 6.29 Å². The summed E-state index contributed by atoms with van der Waals surface area (Å²) >= 11 is 5.41. The SMILES string of the molecule is C=C(Cl)/C=C\C=C(/C)C=O. The monoisotopic (exact) mass is 156 g/mol. The van der Waals surface area contributed by atoms with Crippen molar-refractivity contribution in [2.75, 3.05) is 0 Å². The van der Waals surface area contributed by atoms with Gasteiger partial charge in [-0.1, -0.05) is 30.3 Å². The van der Waals surface area contributed by atoms with E-state index in [0.29, 0.717) is 10.6 Å². The van der Waals surface area contributed by atoms with Crippen molar-refractivity contribution in [3.05, 3.63) is 35.4 Å². The molecule has 0 fully saturated rings. The van der Waals surface area contributed by atoms with Crippen LogP contribution in [-0.2, 0) is 4.79 Å². The van der Waals surface area contributed by atoms with Gasteiger partial charge in [-0.25, -0.2) is 0 Å². The van der Waals surface area contributed by atoms with Crippen molar-refractivity contribution in [3.8, 4) is 0 Å². The Morgan fingerprint density at radius 1 is 1.60 bits per heavy atom. The standard InChI is InChI=1S/C8H9ClO/c1-7(6-10)4-3-5-8(2)9/h3-6H,2H2,1H3/b5-3-,7-4+. The summed E-state index contributed by atoms with van der Waals surface area (Å²) in [5.74, 6) is 0. The van der Waals surface area contributed by atoms with Crippen LogP contribution < -0.4 is 0 Å². The van der Waals surface area contributed by atoms with Gasteiger partial charge in [0.2, 0.25) is 0 Å². The molecular formula is C8H9ClO. The summed E-state index contributed by atoms with van der Waals surface area (Å²) in [4.78, 5) is 10.0. The van der Waals surface area contributed by atoms with Crippen molar-refractivity contribution < 1.29 is 4.79 Å². The molecule has 0 aliphatic carbocycles. The molecule has 0 aliphatic heterocycles. The molecule has 0 N–H and O–H groups in total. The lowest BCUT2D eigenvalue weighted by Gasteiger charge is -1.81. The van der Waals surface area contributed by atoms with E-state index in [1.807, 2.05) is 0 Å². The van der Waals surface area contributed by atoms with Crippen LogP contribution in [0, 0.1) is 0 Å².